The van der Waals surface area contributed by atoms with Crippen LogP contribution < -0.4 is 5.32 Å². The number of piperazine rings is 1. The summed E-state index contributed by atoms with van der Waals surface area (Å²) in [4.78, 5) is 5.18. The minimum Gasteiger partial charge on any atom is -0.313 e. The smallest absolute Gasteiger partial charge is 0.0234 e. The lowest BCUT2D eigenvalue weighted by atomic mass is 10.1. The van der Waals surface area contributed by atoms with Gasteiger partial charge in [0.25, 0.3) is 0 Å². The molecule has 0 aliphatic carbocycles. The van der Waals surface area contributed by atoms with E-state index in [1.807, 2.05) is 0 Å². The molecule has 0 atom stereocenters. The Balaban J connectivity index is 1.75. The average molecular weight is 289 g/mol. The molecule has 0 spiro atoms. The summed E-state index contributed by atoms with van der Waals surface area (Å²) >= 11 is 0. The molecule has 1 heterocycles. The Morgan fingerprint density at radius 2 is 1.52 bits per heavy atom. The molecular formula is C18H31N3. The first-order chi connectivity index (χ1) is 10.2. The van der Waals surface area contributed by atoms with E-state index in [2.05, 4.69) is 60.2 Å². The van der Waals surface area contributed by atoms with Gasteiger partial charge in [-0.15, -0.1) is 0 Å². The maximum absolute atomic E-state index is 3.37. The fourth-order valence-corrected chi connectivity index (χ4v) is 2.94. The molecule has 1 aromatic carbocycles. The number of hydrogen-bond donors (Lipinski definition) is 1. The molecule has 0 aromatic heterocycles. The van der Waals surface area contributed by atoms with E-state index < -0.39 is 0 Å². The van der Waals surface area contributed by atoms with Gasteiger partial charge >= 0.3 is 0 Å². The molecule has 2 rings (SSSR count). The Bertz CT molecular complexity index is 391. The van der Waals surface area contributed by atoms with Crippen molar-refractivity contribution in [2.75, 3.05) is 39.3 Å². The van der Waals surface area contributed by atoms with Crippen LogP contribution in [0, 0.1) is 5.92 Å². The normalized spacial score (nSPS) is 17.5. The van der Waals surface area contributed by atoms with Crippen molar-refractivity contribution in [3.8, 4) is 0 Å². The topological polar surface area (TPSA) is 18.5 Å². The van der Waals surface area contributed by atoms with Crippen molar-refractivity contribution in [1.29, 1.82) is 0 Å². The summed E-state index contributed by atoms with van der Waals surface area (Å²) in [5, 5.41) is 3.37. The summed E-state index contributed by atoms with van der Waals surface area (Å²) in [5.41, 5.74) is 2.81. The predicted molar refractivity (Wildman–Crippen MR) is 90.4 cm³/mol. The van der Waals surface area contributed by atoms with Crippen LogP contribution in [0.5, 0.6) is 0 Å². The number of nitrogens with one attached hydrogen (secondary N) is 1. The Labute approximate surface area is 130 Å². The highest BCUT2D eigenvalue weighted by Crippen LogP contribution is 2.11. The maximum Gasteiger partial charge on any atom is 0.0234 e. The van der Waals surface area contributed by atoms with Gasteiger partial charge in [-0.05, 0) is 23.6 Å². The van der Waals surface area contributed by atoms with Crippen LogP contribution in [0.3, 0.4) is 0 Å². The molecule has 1 aliphatic heterocycles. The highest BCUT2D eigenvalue weighted by Gasteiger charge is 2.17. The molecule has 1 aliphatic rings. The lowest BCUT2D eigenvalue weighted by Gasteiger charge is -2.35. The van der Waals surface area contributed by atoms with Crippen LogP contribution in [0.2, 0.25) is 0 Å². The van der Waals surface area contributed by atoms with Crippen molar-refractivity contribution in [3.63, 3.8) is 0 Å². The molecular weight excluding hydrogens is 258 g/mol. The van der Waals surface area contributed by atoms with Crippen LogP contribution >= 0.6 is 0 Å². The van der Waals surface area contributed by atoms with Crippen LogP contribution in [-0.2, 0) is 13.1 Å². The molecule has 3 heteroatoms. The highest BCUT2D eigenvalue weighted by molar-refractivity contribution is 5.22. The van der Waals surface area contributed by atoms with Crippen molar-refractivity contribution in [2.45, 2.75) is 33.9 Å². The van der Waals surface area contributed by atoms with E-state index in [-0.39, 0.29) is 0 Å². The first kappa shape index (κ1) is 16.5. The van der Waals surface area contributed by atoms with Crippen molar-refractivity contribution < 1.29 is 0 Å². The number of nitrogens with zero attached hydrogens (tertiary/aromatic N) is 2. The molecule has 118 valence electrons. The average Bonchev–Trinajstić information content (AvgIpc) is 2.48. The molecule has 0 radical (unpaired) electrons. The highest BCUT2D eigenvalue weighted by atomic mass is 15.3. The van der Waals surface area contributed by atoms with Gasteiger partial charge in [-0.1, -0.05) is 45.0 Å². The third-order valence-electron chi connectivity index (χ3n) is 4.10. The maximum atomic E-state index is 3.37. The lowest BCUT2D eigenvalue weighted by molar-refractivity contribution is 0.117. The summed E-state index contributed by atoms with van der Waals surface area (Å²) in [6.07, 6.45) is 0. The van der Waals surface area contributed by atoms with Gasteiger partial charge in [0.15, 0.2) is 0 Å². The standard InChI is InChI=1S/C18H31N3/c1-4-19-13-17-5-7-18(8-6-17)15-21-11-9-20(10-12-21)14-16(2)3/h5-8,16,19H,4,9-15H2,1-3H3. The van der Waals surface area contributed by atoms with Crippen LogP contribution in [0.1, 0.15) is 31.9 Å². The first-order valence-electron chi connectivity index (χ1n) is 8.40. The van der Waals surface area contributed by atoms with E-state index in [4.69, 9.17) is 0 Å². The van der Waals surface area contributed by atoms with Crippen LogP contribution in [0.4, 0.5) is 0 Å². The second-order valence-electron chi connectivity index (χ2n) is 6.57. The van der Waals surface area contributed by atoms with Gasteiger partial charge in [-0.25, -0.2) is 0 Å². The van der Waals surface area contributed by atoms with Gasteiger partial charge in [0.1, 0.15) is 0 Å². The van der Waals surface area contributed by atoms with E-state index in [0.29, 0.717) is 0 Å². The van der Waals surface area contributed by atoms with Crippen molar-refractivity contribution in [3.05, 3.63) is 35.4 Å². The van der Waals surface area contributed by atoms with E-state index in [1.54, 1.807) is 0 Å². The summed E-state index contributed by atoms with van der Waals surface area (Å²) < 4.78 is 0. The van der Waals surface area contributed by atoms with Crippen LogP contribution in [-0.4, -0.2) is 49.1 Å². The molecule has 0 unspecified atom stereocenters. The summed E-state index contributed by atoms with van der Waals surface area (Å²) in [7, 11) is 0. The molecule has 0 bridgehead atoms. The molecule has 1 fully saturated rings. The zero-order chi connectivity index (χ0) is 15.1. The monoisotopic (exact) mass is 289 g/mol. The lowest BCUT2D eigenvalue weighted by Crippen LogP contribution is -2.46. The number of rotatable bonds is 7. The molecule has 3 nitrogen and oxygen atoms in total. The largest absolute Gasteiger partial charge is 0.313 e. The Morgan fingerprint density at radius 3 is 2.10 bits per heavy atom. The second-order valence-corrected chi connectivity index (χ2v) is 6.57. The number of hydrogen-bond acceptors (Lipinski definition) is 3. The third-order valence-corrected chi connectivity index (χ3v) is 4.10. The van der Waals surface area contributed by atoms with Gasteiger partial charge in [0, 0.05) is 45.8 Å². The summed E-state index contributed by atoms with van der Waals surface area (Å²) in [6, 6.07) is 9.08. The molecule has 1 aromatic rings. The second kappa shape index (κ2) is 8.52. The Kier molecular flexibility index (Phi) is 6.68. The zero-order valence-corrected chi connectivity index (χ0v) is 13.9. The van der Waals surface area contributed by atoms with Gasteiger partial charge in [0.2, 0.25) is 0 Å². The molecule has 0 saturated carbocycles. The molecule has 0 amide bonds. The van der Waals surface area contributed by atoms with Crippen LogP contribution in [0.25, 0.3) is 0 Å². The Morgan fingerprint density at radius 1 is 0.952 bits per heavy atom. The predicted octanol–water partition coefficient (Wildman–Crippen LogP) is 2.57. The van der Waals surface area contributed by atoms with E-state index in [1.165, 1.54) is 43.9 Å². The van der Waals surface area contributed by atoms with Gasteiger partial charge < -0.3 is 10.2 Å². The molecule has 1 saturated heterocycles. The van der Waals surface area contributed by atoms with Crippen molar-refractivity contribution in [2.24, 2.45) is 5.92 Å². The minimum atomic E-state index is 0.779. The zero-order valence-electron chi connectivity index (χ0n) is 13.9. The fourth-order valence-electron chi connectivity index (χ4n) is 2.94. The fraction of sp³-hybridized carbons (Fsp3) is 0.667. The van der Waals surface area contributed by atoms with Gasteiger partial charge in [0.05, 0.1) is 0 Å². The van der Waals surface area contributed by atoms with Gasteiger partial charge in [-0.2, -0.15) is 0 Å². The SMILES string of the molecule is CCNCc1ccc(CN2CCN(CC(C)C)CC2)cc1. The molecule has 21 heavy (non-hydrogen) atoms. The first-order valence-corrected chi connectivity index (χ1v) is 8.40. The van der Waals surface area contributed by atoms with Crippen molar-refractivity contribution >= 4 is 0 Å². The van der Waals surface area contributed by atoms with E-state index in [0.717, 1.165) is 25.6 Å². The van der Waals surface area contributed by atoms with E-state index >= 15 is 0 Å². The quantitative estimate of drug-likeness (QED) is 0.832. The number of benzene rings is 1. The summed E-state index contributed by atoms with van der Waals surface area (Å²) in [5.74, 6) is 0.779. The summed E-state index contributed by atoms with van der Waals surface area (Å²) in [6.45, 7) is 15.9. The molecule has 1 N–H and O–H groups in total. The minimum absolute atomic E-state index is 0.779. The Hall–Kier alpha value is -0.900. The van der Waals surface area contributed by atoms with Crippen LogP contribution in [0.15, 0.2) is 24.3 Å². The van der Waals surface area contributed by atoms with E-state index in [9.17, 15) is 0 Å². The van der Waals surface area contributed by atoms with Gasteiger partial charge in [-0.3, -0.25) is 4.90 Å². The third kappa shape index (κ3) is 5.77. The van der Waals surface area contributed by atoms with Crippen molar-refractivity contribution in [1.82, 2.24) is 15.1 Å².